The average molecular weight is 271 g/mol. The van der Waals surface area contributed by atoms with Gasteiger partial charge in [0.25, 0.3) is 0 Å². The third kappa shape index (κ3) is 2.32. The van der Waals surface area contributed by atoms with Gasteiger partial charge in [0.05, 0.1) is 11.3 Å². The zero-order valence-electron chi connectivity index (χ0n) is 9.83. The van der Waals surface area contributed by atoms with E-state index in [0.29, 0.717) is 16.0 Å². The summed E-state index contributed by atoms with van der Waals surface area (Å²) in [7, 11) is 0. The number of Topliss-reactive ketones (excluding diaryl/α,β-unsaturated/α-hetero) is 1. The number of carbonyl (C=O) groups is 1. The average Bonchev–Trinajstić information content (AvgIpc) is 2.93. The van der Waals surface area contributed by atoms with Crippen molar-refractivity contribution in [3.63, 3.8) is 0 Å². The van der Waals surface area contributed by atoms with Crippen molar-refractivity contribution in [2.24, 2.45) is 0 Å². The van der Waals surface area contributed by atoms with Crippen LogP contribution in [0.3, 0.4) is 0 Å². The number of ketones is 1. The van der Waals surface area contributed by atoms with Crippen molar-refractivity contribution in [1.82, 2.24) is 4.98 Å². The van der Waals surface area contributed by atoms with Crippen molar-refractivity contribution in [3.05, 3.63) is 62.8 Å². The van der Waals surface area contributed by atoms with Gasteiger partial charge in [-0.25, -0.2) is 9.78 Å². The molecular weight excluding hydrogens is 262 g/mol. The normalized spacial score (nSPS) is 10.7. The van der Waals surface area contributed by atoms with E-state index in [1.165, 1.54) is 11.3 Å². The maximum Gasteiger partial charge on any atom is 0.358 e. The Morgan fingerprint density at radius 1 is 1.21 bits per heavy atom. The standard InChI is InChI=1S/C14H9NO3S/c16-11(13-6-3-7-19-13)8-10-14(17)18-12-5-2-1-4-9(12)15-10/h1-7H,8H2. The first-order valence-electron chi connectivity index (χ1n) is 5.69. The molecule has 2 aromatic heterocycles. The van der Waals surface area contributed by atoms with Gasteiger partial charge in [0.15, 0.2) is 11.4 Å². The Morgan fingerprint density at radius 2 is 2.05 bits per heavy atom. The Balaban J connectivity index is 1.99. The Hall–Kier alpha value is -2.27. The van der Waals surface area contributed by atoms with Crippen LogP contribution < -0.4 is 5.63 Å². The Bertz CT molecular complexity index is 790. The highest BCUT2D eigenvalue weighted by Gasteiger charge is 2.14. The van der Waals surface area contributed by atoms with E-state index in [0.717, 1.165) is 0 Å². The number of thiophene rings is 1. The van der Waals surface area contributed by atoms with Gasteiger partial charge in [-0.1, -0.05) is 18.2 Å². The van der Waals surface area contributed by atoms with Crippen molar-refractivity contribution >= 4 is 28.2 Å². The fraction of sp³-hybridized carbons (Fsp3) is 0.0714. The number of rotatable bonds is 3. The van der Waals surface area contributed by atoms with Crippen LogP contribution in [0, 0.1) is 0 Å². The van der Waals surface area contributed by atoms with Crippen LogP contribution in [0.2, 0.25) is 0 Å². The SMILES string of the molecule is O=C(Cc1nc2ccccc2oc1=O)c1cccs1. The molecule has 0 atom stereocenters. The minimum Gasteiger partial charge on any atom is -0.420 e. The van der Waals surface area contributed by atoms with Gasteiger partial charge in [0, 0.05) is 0 Å². The van der Waals surface area contributed by atoms with Crippen LogP contribution in [-0.2, 0) is 6.42 Å². The van der Waals surface area contributed by atoms with Gasteiger partial charge in [-0.3, -0.25) is 4.79 Å². The maximum atomic E-state index is 12.0. The maximum absolute atomic E-state index is 12.0. The van der Waals surface area contributed by atoms with Crippen LogP contribution in [0.1, 0.15) is 15.4 Å². The van der Waals surface area contributed by atoms with E-state index in [1.54, 1.807) is 36.4 Å². The van der Waals surface area contributed by atoms with Gasteiger partial charge in [-0.2, -0.15) is 0 Å². The molecule has 94 valence electrons. The fourth-order valence-corrected chi connectivity index (χ4v) is 2.44. The molecule has 0 saturated heterocycles. The number of nitrogens with zero attached hydrogens (tertiary/aromatic N) is 1. The summed E-state index contributed by atoms with van der Waals surface area (Å²) >= 11 is 1.35. The summed E-state index contributed by atoms with van der Waals surface area (Å²) in [4.78, 5) is 28.5. The molecule has 0 amide bonds. The van der Waals surface area contributed by atoms with E-state index < -0.39 is 5.63 Å². The molecule has 3 rings (SSSR count). The summed E-state index contributed by atoms with van der Waals surface area (Å²) in [5.41, 5.74) is 0.608. The van der Waals surface area contributed by atoms with Crippen molar-refractivity contribution < 1.29 is 9.21 Å². The summed E-state index contributed by atoms with van der Waals surface area (Å²) in [6, 6.07) is 10.5. The minimum absolute atomic E-state index is 0.0340. The summed E-state index contributed by atoms with van der Waals surface area (Å²) in [6.45, 7) is 0. The zero-order chi connectivity index (χ0) is 13.2. The van der Waals surface area contributed by atoms with Gasteiger partial charge in [-0.05, 0) is 23.6 Å². The molecule has 0 saturated carbocycles. The summed E-state index contributed by atoms with van der Waals surface area (Å²) < 4.78 is 5.14. The van der Waals surface area contributed by atoms with E-state index in [1.807, 2.05) is 5.38 Å². The van der Waals surface area contributed by atoms with Crippen molar-refractivity contribution in [2.45, 2.75) is 6.42 Å². The van der Waals surface area contributed by atoms with Crippen LogP contribution >= 0.6 is 11.3 Å². The smallest absolute Gasteiger partial charge is 0.358 e. The third-order valence-corrected chi connectivity index (χ3v) is 3.59. The molecule has 0 unspecified atom stereocenters. The number of benzene rings is 1. The lowest BCUT2D eigenvalue weighted by Gasteiger charge is -2.00. The molecule has 2 heterocycles. The molecule has 1 aromatic carbocycles. The second-order valence-corrected chi connectivity index (χ2v) is 4.94. The number of hydrogen-bond donors (Lipinski definition) is 0. The fourth-order valence-electron chi connectivity index (χ4n) is 1.77. The predicted octanol–water partition coefficient (Wildman–Crippen LogP) is 2.67. The van der Waals surface area contributed by atoms with E-state index in [-0.39, 0.29) is 17.9 Å². The molecule has 0 aliphatic carbocycles. The molecule has 5 heteroatoms. The topological polar surface area (TPSA) is 60.2 Å². The molecule has 0 bridgehead atoms. The van der Waals surface area contributed by atoms with Crippen molar-refractivity contribution in [3.8, 4) is 0 Å². The molecule has 0 radical (unpaired) electrons. The summed E-state index contributed by atoms with van der Waals surface area (Å²) in [6.07, 6.45) is -0.0340. The number of para-hydroxylation sites is 2. The minimum atomic E-state index is -0.552. The highest BCUT2D eigenvalue weighted by Crippen LogP contribution is 2.13. The van der Waals surface area contributed by atoms with Gasteiger partial charge >= 0.3 is 5.63 Å². The first-order valence-corrected chi connectivity index (χ1v) is 6.57. The molecular formula is C14H9NO3S. The lowest BCUT2D eigenvalue weighted by Crippen LogP contribution is -2.15. The van der Waals surface area contributed by atoms with Crippen LogP contribution in [0.25, 0.3) is 11.1 Å². The van der Waals surface area contributed by atoms with E-state index in [4.69, 9.17) is 4.42 Å². The van der Waals surface area contributed by atoms with Crippen LogP contribution in [0.5, 0.6) is 0 Å². The zero-order valence-corrected chi connectivity index (χ0v) is 10.6. The number of carbonyl (C=O) groups excluding carboxylic acids is 1. The van der Waals surface area contributed by atoms with Gasteiger partial charge in [0.1, 0.15) is 11.2 Å². The second-order valence-electron chi connectivity index (χ2n) is 3.99. The van der Waals surface area contributed by atoms with Gasteiger partial charge in [0.2, 0.25) is 0 Å². The van der Waals surface area contributed by atoms with E-state index >= 15 is 0 Å². The monoisotopic (exact) mass is 271 g/mol. The molecule has 0 aliphatic heterocycles. The Morgan fingerprint density at radius 3 is 2.84 bits per heavy atom. The third-order valence-electron chi connectivity index (χ3n) is 2.68. The van der Waals surface area contributed by atoms with Crippen molar-refractivity contribution in [2.75, 3.05) is 0 Å². The predicted molar refractivity (Wildman–Crippen MR) is 72.6 cm³/mol. The summed E-state index contributed by atoms with van der Waals surface area (Å²) in [5, 5.41) is 1.82. The van der Waals surface area contributed by atoms with Crippen LogP contribution in [-0.4, -0.2) is 10.8 Å². The van der Waals surface area contributed by atoms with Crippen LogP contribution in [0.4, 0.5) is 0 Å². The number of hydrogen-bond acceptors (Lipinski definition) is 5. The Labute approximate surface area is 112 Å². The van der Waals surface area contributed by atoms with E-state index in [2.05, 4.69) is 4.98 Å². The highest BCUT2D eigenvalue weighted by molar-refractivity contribution is 7.12. The molecule has 0 aliphatic rings. The summed E-state index contributed by atoms with van der Waals surface area (Å²) in [5.74, 6) is -0.120. The highest BCUT2D eigenvalue weighted by atomic mass is 32.1. The first kappa shape index (κ1) is 11.8. The number of fused-ring (bicyclic) bond motifs is 1. The van der Waals surface area contributed by atoms with Crippen LogP contribution in [0.15, 0.2) is 51.0 Å². The molecule has 3 aromatic rings. The molecule has 4 nitrogen and oxygen atoms in total. The molecule has 0 N–H and O–H groups in total. The molecule has 0 spiro atoms. The molecule has 19 heavy (non-hydrogen) atoms. The van der Waals surface area contributed by atoms with Gasteiger partial charge < -0.3 is 4.42 Å². The van der Waals surface area contributed by atoms with E-state index in [9.17, 15) is 9.59 Å². The Kier molecular flexibility index (Phi) is 2.97. The molecule has 0 fully saturated rings. The second kappa shape index (κ2) is 4.78. The lowest BCUT2D eigenvalue weighted by atomic mass is 10.2. The van der Waals surface area contributed by atoms with Crippen molar-refractivity contribution in [1.29, 1.82) is 0 Å². The number of aromatic nitrogens is 1. The van der Waals surface area contributed by atoms with Gasteiger partial charge in [-0.15, -0.1) is 11.3 Å². The lowest BCUT2D eigenvalue weighted by molar-refractivity contribution is 0.0994. The quantitative estimate of drug-likeness (QED) is 0.687. The first-order chi connectivity index (χ1) is 9.24. The largest absolute Gasteiger partial charge is 0.420 e.